The summed E-state index contributed by atoms with van der Waals surface area (Å²) in [5.74, 6) is 1.19. The number of likely N-dealkylation sites (N-methyl/N-ethyl adjacent to an activating group) is 1. The monoisotopic (exact) mass is 238 g/mol. The Bertz CT molecular complexity index is 267. The average Bonchev–Trinajstić information content (AvgIpc) is 2.54. The maximum absolute atomic E-state index is 12.3. The van der Waals surface area contributed by atoms with Crippen molar-refractivity contribution in [3.05, 3.63) is 0 Å². The number of nitrogens with zero attached hydrogens (tertiary/aromatic N) is 1. The van der Waals surface area contributed by atoms with Crippen molar-refractivity contribution in [3.8, 4) is 0 Å². The lowest BCUT2D eigenvalue weighted by Gasteiger charge is -2.37. The van der Waals surface area contributed by atoms with Gasteiger partial charge in [0, 0.05) is 12.6 Å². The number of hydrogen-bond donors (Lipinski definition) is 1. The third-order valence-electron chi connectivity index (χ3n) is 4.49. The Morgan fingerprint density at radius 3 is 2.71 bits per heavy atom. The van der Waals surface area contributed by atoms with E-state index >= 15 is 0 Å². The second-order valence-electron chi connectivity index (χ2n) is 5.78. The number of hydrogen-bond acceptors (Lipinski definition) is 2. The molecule has 1 saturated heterocycles. The van der Waals surface area contributed by atoms with Crippen molar-refractivity contribution in [2.75, 3.05) is 13.6 Å². The third-order valence-corrected chi connectivity index (χ3v) is 4.49. The van der Waals surface area contributed by atoms with E-state index in [0.29, 0.717) is 11.9 Å². The van der Waals surface area contributed by atoms with Gasteiger partial charge in [-0.2, -0.15) is 0 Å². The minimum Gasteiger partial charge on any atom is -0.338 e. The lowest BCUT2D eigenvalue weighted by atomic mass is 9.98. The molecule has 1 heterocycles. The fraction of sp³-hybridized carbons (Fsp3) is 0.929. The maximum atomic E-state index is 12.3. The molecule has 0 spiro atoms. The van der Waals surface area contributed by atoms with Gasteiger partial charge in [-0.1, -0.05) is 19.8 Å². The van der Waals surface area contributed by atoms with Crippen molar-refractivity contribution in [2.45, 2.75) is 64.0 Å². The molecule has 3 heteroatoms. The Labute approximate surface area is 105 Å². The largest absolute Gasteiger partial charge is 0.338 e. The molecule has 2 fully saturated rings. The van der Waals surface area contributed by atoms with E-state index in [1.165, 1.54) is 32.1 Å². The van der Waals surface area contributed by atoms with Gasteiger partial charge in [0.1, 0.15) is 0 Å². The van der Waals surface area contributed by atoms with E-state index in [1.54, 1.807) is 0 Å². The van der Waals surface area contributed by atoms with Crippen LogP contribution < -0.4 is 5.32 Å². The standard InChI is InChI=1S/C14H26N2O/c1-11-5-3-6-12(9-8-11)16-10-4-7-13(15-2)14(16)17/h11-13,15H,3-10H2,1-2H3. The number of carbonyl (C=O) groups excluding carboxylic acids is 1. The average molecular weight is 238 g/mol. The van der Waals surface area contributed by atoms with Gasteiger partial charge in [0.25, 0.3) is 0 Å². The van der Waals surface area contributed by atoms with E-state index in [4.69, 9.17) is 0 Å². The summed E-state index contributed by atoms with van der Waals surface area (Å²) in [6, 6.07) is 0.591. The summed E-state index contributed by atoms with van der Waals surface area (Å²) in [4.78, 5) is 14.5. The van der Waals surface area contributed by atoms with Gasteiger partial charge in [0.05, 0.1) is 6.04 Å². The Morgan fingerprint density at radius 2 is 1.94 bits per heavy atom. The van der Waals surface area contributed by atoms with E-state index in [1.807, 2.05) is 7.05 Å². The molecule has 2 aliphatic rings. The number of amides is 1. The van der Waals surface area contributed by atoms with Crippen LogP contribution in [0.2, 0.25) is 0 Å². The van der Waals surface area contributed by atoms with Gasteiger partial charge in [0.15, 0.2) is 0 Å². The van der Waals surface area contributed by atoms with E-state index < -0.39 is 0 Å². The lowest BCUT2D eigenvalue weighted by Crippen LogP contribution is -2.53. The Balaban J connectivity index is 1.97. The van der Waals surface area contributed by atoms with Crippen LogP contribution in [0.4, 0.5) is 0 Å². The van der Waals surface area contributed by atoms with E-state index in [-0.39, 0.29) is 6.04 Å². The topological polar surface area (TPSA) is 32.3 Å². The minimum atomic E-state index is 0.0735. The summed E-state index contributed by atoms with van der Waals surface area (Å²) in [7, 11) is 1.90. The molecule has 98 valence electrons. The van der Waals surface area contributed by atoms with Crippen LogP contribution in [-0.4, -0.2) is 36.5 Å². The van der Waals surface area contributed by atoms with Crippen molar-refractivity contribution in [1.29, 1.82) is 0 Å². The SMILES string of the molecule is CNC1CCCN(C2CCCC(C)CC2)C1=O. The number of carbonyl (C=O) groups is 1. The predicted molar refractivity (Wildman–Crippen MR) is 69.8 cm³/mol. The Hall–Kier alpha value is -0.570. The smallest absolute Gasteiger partial charge is 0.239 e. The van der Waals surface area contributed by atoms with Crippen LogP contribution in [0, 0.1) is 5.92 Å². The zero-order valence-corrected chi connectivity index (χ0v) is 11.2. The minimum absolute atomic E-state index is 0.0735. The van der Waals surface area contributed by atoms with E-state index in [9.17, 15) is 4.79 Å². The highest BCUT2D eigenvalue weighted by atomic mass is 16.2. The highest BCUT2D eigenvalue weighted by Crippen LogP contribution is 2.28. The first-order valence-corrected chi connectivity index (χ1v) is 7.20. The molecule has 17 heavy (non-hydrogen) atoms. The first-order chi connectivity index (χ1) is 8.22. The first kappa shape index (κ1) is 12.9. The Kier molecular flexibility index (Phi) is 4.43. The highest BCUT2D eigenvalue weighted by molar-refractivity contribution is 5.82. The fourth-order valence-corrected chi connectivity index (χ4v) is 3.31. The molecule has 0 aromatic heterocycles. The summed E-state index contributed by atoms with van der Waals surface area (Å²) >= 11 is 0. The molecule has 0 radical (unpaired) electrons. The summed E-state index contributed by atoms with van der Waals surface area (Å²) in [6.45, 7) is 3.33. The molecule has 3 nitrogen and oxygen atoms in total. The van der Waals surface area contributed by atoms with Crippen LogP contribution in [0.15, 0.2) is 0 Å². The molecular formula is C14H26N2O. The molecule has 0 aromatic rings. The van der Waals surface area contributed by atoms with Crippen LogP contribution in [0.1, 0.15) is 51.9 Å². The van der Waals surface area contributed by atoms with Crippen LogP contribution >= 0.6 is 0 Å². The van der Waals surface area contributed by atoms with Gasteiger partial charge in [-0.15, -0.1) is 0 Å². The van der Waals surface area contributed by atoms with Gasteiger partial charge >= 0.3 is 0 Å². The molecule has 2 rings (SSSR count). The van der Waals surface area contributed by atoms with E-state index in [0.717, 1.165) is 25.3 Å². The molecule has 1 aliphatic carbocycles. The van der Waals surface area contributed by atoms with Gasteiger partial charge in [-0.05, 0) is 45.1 Å². The van der Waals surface area contributed by atoms with Crippen molar-refractivity contribution < 1.29 is 4.79 Å². The summed E-state index contributed by atoms with van der Waals surface area (Å²) in [5.41, 5.74) is 0. The van der Waals surface area contributed by atoms with Crippen molar-refractivity contribution in [2.24, 2.45) is 5.92 Å². The zero-order chi connectivity index (χ0) is 12.3. The van der Waals surface area contributed by atoms with E-state index in [2.05, 4.69) is 17.1 Å². The predicted octanol–water partition coefficient (Wildman–Crippen LogP) is 2.17. The molecule has 1 N–H and O–H groups in total. The second-order valence-corrected chi connectivity index (χ2v) is 5.78. The van der Waals surface area contributed by atoms with Crippen LogP contribution in [0.5, 0.6) is 0 Å². The lowest BCUT2D eigenvalue weighted by molar-refractivity contribution is -0.138. The molecule has 3 unspecified atom stereocenters. The van der Waals surface area contributed by atoms with Crippen molar-refractivity contribution >= 4 is 5.91 Å². The Morgan fingerprint density at radius 1 is 1.12 bits per heavy atom. The summed E-state index contributed by atoms with van der Waals surface area (Å²) in [5, 5.41) is 3.16. The number of piperidine rings is 1. The van der Waals surface area contributed by atoms with Crippen LogP contribution in [-0.2, 0) is 4.79 Å². The fourth-order valence-electron chi connectivity index (χ4n) is 3.31. The zero-order valence-electron chi connectivity index (χ0n) is 11.2. The number of rotatable bonds is 2. The van der Waals surface area contributed by atoms with Gasteiger partial charge in [0.2, 0.25) is 5.91 Å². The number of nitrogens with one attached hydrogen (secondary N) is 1. The van der Waals surface area contributed by atoms with Crippen LogP contribution in [0.25, 0.3) is 0 Å². The first-order valence-electron chi connectivity index (χ1n) is 7.20. The van der Waals surface area contributed by atoms with Gasteiger partial charge in [-0.25, -0.2) is 0 Å². The molecule has 1 saturated carbocycles. The quantitative estimate of drug-likeness (QED) is 0.748. The van der Waals surface area contributed by atoms with Gasteiger partial charge < -0.3 is 10.2 Å². The molecule has 1 amide bonds. The van der Waals surface area contributed by atoms with Crippen molar-refractivity contribution in [1.82, 2.24) is 10.2 Å². The molecule has 1 aliphatic heterocycles. The van der Waals surface area contributed by atoms with Crippen LogP contribution in [0.3, 0.4) is 0 Å². The molecule has 0 aromatic carbocycles. The maximum Gasteiger partial charge on any atom is 0.239 e. The van der Waals surface area contributed by atoms with Crippen molar-refractivity contribution in [3.63, 3.8) is 0 Å². The normalized spacial score (nSPS) is 35.8. The molecule has 0 bridgehead atoms. The molecular weight excluding hydrogens is 212 g/mol. The summed E-state index contributed by atoms with van der Waals surface area (Å²) in [6.07, 6.45) is 8.51. The van der Waals surface area contributed by atoms with Gasteiger partial charge in [-0.3, -0.25) is 4.79 Å². The molecule has 3 atom stereocenters. The second kappa shape index (κ2) is 5.85. The third kappa shape index (κ3) is 3.01. The number of likely N-dealkylation sites (tertiary alicyclic amines) is 1. The summed E-state index contributed by atoms with van der Waals surface area (Å²) < 4.78 is 0. The highest BCUT2D eigenvalue weighted by Gasteiger charge is 2.32.